The Hall–Kier alpha value is -3.29. The number of amides is 1. The largest absolute Gasteiger partial charge is 0.382 e. The van der Waals surface area contributed by atoms with Crippen molar-refractivity contribution in [3.8, 4) is 0 Å². The molecule has 3 N–H and O–H groups in total. The van der Waals surface area contributed by atoms with Crippen LogP contribution in [0.25, 0.3) is 6.08 Å². The molecule has 1 saturated carbocycles. The number of amidine groups is 1. The lowest BCUT2D eigenvalue weighted by molar-refractivity contribution is 0.102. The van der Waals surface area contributed by atoms with E-state index in [0.29, 0.717) is 22.5 Å². The third-order valence-electron chi connectivity index (χ3n) is 4.12. The quantitative estimate of drug-likeness (QED) is 0.361. The monoisotopic (exact) mass is 351 g/mol. The molecule has 3 rings (SSSR count). The molecule has 0 aliphatic heterocycles. The van der Waals surface area contributed by atoms with E-state index in [1.165, 1.54) is 6.20 Å². The van der Waals surface area contributed by atoms with Crippen LogP contribution in [-0.2, 0) is 7.05 Å². The molecule has 1 aromatic carbocycles. The Kier molecular flexibility index (Phi) is 4.92. The first-order valence-corrected chi connectivity index (χ1v) is 8.29. The first-order valence-electron chi connectivity index (χ1n) is 8.29. The lowest BCUT2D eigenvalue weighted by atomic mass is 10.1. The summed E-state index contributed by atoms with van der Waals surface area (Å²) in [5.74, 6) is -0.0183. The minimum atomic E-state index is -0.266. The zero-order valence-corrected chi connectivity index (χ0v) is 14.8. The fraction of sp³-hybridized carbons (Fsp3) is 0.278. The summed E-state index contributed by atoms with van der Waals surface area (Å²) in [6, 6.07) is 5.75. The summed E-state index contributed by atoms with van der Waals surface area (Å²) < 4.78 is 1.60. The fourth-order valence-electron chi connectivity index (χ4n) is 2.36. The summed E-state index contributed by atoms with van der Waals surface area (Å²) in [6.07, 6.45) is 5.22. The van der Waals surface area contributed by atoms with E-state index >= 15 is 0 Å². The second-order valence-electron chi connectivity index (χ2n) is 6.18. The van der Waals surface area contributed by atoms with E-state index in [0.717, 1.165) is 18.4 Å². The normalized spacial score (nSPS) is 14.6. The Morgan fingerprint density at radius 3 is 2.92 bits per heavy atom. The van der Waals surface area contributed by atoms with Crippen LogP contribution in [0.15, 0.2) is 46.4 Å². The molecule has 8 nitrogen and oxygen atoms in total. The maximum absolute atomic E-state index is 12.6. The molecular weight excluding hydrogens is 330 g/mol. The molecule has 1 fully saturated rings. The summed E-state index contributed by atoms with van der Waals surface area (Å²) in [5, 5.41) is 18.7. The SMILES string of the molecule is C=Cc1c(C(=O)Nc2cc(/C(N)=N/N=NC3CC3)ccc2C)cnn1C. The third kappa shape index (κ3) is 3.85. The number of carbonyl (C=O) groups is 1. The predicted molar refractivity (Wildman–Crippen MR) is 101 cm³/mol. The lowest BCUT2D eigenvalue weighted by Gasteiger charge is -2.10. The van der Waals surface area contributed by atoms with Crippen molar-refractivity contribution < 1.29 is 4.79 Å². The van der Waals surface area contributed by atoms with Gasteiger partial charge in [0.1, 0.15) is 0 Å². The maximum Gasteiger partial charge on any atom is 0.259 e. The molecule has 1 aliphatic rings. The van der Waals surface area contributed by atoms with Crippen LogP contribution in [0.4, 0.5) is 5.69 Å². The van der Waals surface area contributed by atoms with Crippen LogP contribution in [0.3, 0.4) is 0 Å². The Bertz CT molecular complexity index is 906. The molecule has 26 heavy (non-hydrogen) atoms. The Balaban J connectivity index is 1.81. The van der Waals surface area contributed by atoms with E-state index in [-0.39, 0.29) is 17.8 Å². The molecule has 1 heterocycles. The van der Waals surface area contributed by atoms with Crippen LogP contribution < -0.4 is 11.1 Å². The van der Waals surface area contributed by atoms with Gasteiger partial charge in [-0.15, -0.1) is 5.10 Å². The van der Waals surface area contributed by atoms with E-state index in [1.807, 2.05) is 19.1 Å². The summed E-state index contributed by atoms with van der Waals surface area (Å²) >= 11 is 0. The van der Waals surface area contributed by atoms with Crippen molar-refractivity contribution in [3.63, 3.8) is 0 Å². The molecule has 1 aromatic heterocycles. The van der Waals surface area contributed by atoms with Gasteiger partial charge in [0.05, 0.1) is 23.5 Å². The van der Waals surface area contributed by atoms with Gasteiger partial charge >= 0.3 is 0 Å². The van der Waals surface area contributed by atoms with Crippen LogP contribution in [-0.4, -0.2) is 27.6 Å². The number of hydrogen-bond donors (Lipinski definition) is 2. The number of carbonyl (C=O) groups excluding carboxylic acids is 1. The average Bonchev–Trinajstić information content (AvgIpc) is 3.36. The molecule has 0 radical (unpaired) electrons. The van der Waals surface area contributed by atoms with E-state index in [4.69, 9.17) is 5.73 Å². The minimum Gasteiger partial charge on any atom is -0.382 e. The van der Waals surface area contributed by atoms with Gasteiger partial charge in [0.15, 0.2) is 5.84 Å². The van der Waals surface area contributed by atoms with Crippen LogP contribution >= 0.6 is 0 Å². The highest BCUT2D eigenvalue weighted by Crippen LogP contribution is 2.24. The lowest BCUT2D eigenvalue weighted by Crippen LogP contribution is -2.16. The van der Waals surface area contributed by atoms with Crippen molar-refractivity contribution in [2.75, 3.05) is 5.32 Å². The zero-order valence-electron chi connectivity index (χ0n) is 14.8. The number of rotatable bonds is 6. The molecule has 0 saturated heterocycles. The standard InChI is InChI=1S/C18H21N7O/c1-4-16-14(10-20-25(16)3)18(26)21-15-9-12(6-5-11(15)2)17(19)23-24-22-13-7-8-13/h4-6,9-10,13H,1,7-8H2,2-3H3,(H,21,26)(H2,19,22,23). The average molecular weight is 351 g/mol. The van der Waals surface area contributed by atoms with Crippen LogP contribution in [0, 0.1) is 6.92 Å². The van der Waals surface area contributed by atoms with Gasteiger partial charge in [0, 0.05) is 18.3 Å². The van der Waals surface area contributed by atoms with Gasteiger partial charge in [-0.2, -0.15) is 10.2 Å². The number of benzene rings is 1. The van der Waals surface area contributed by atoms with Crippen molar-refractivity contribution in [3.05, 3.63) is 53.4 Å². The fourth-order valence-corrected chi connectivity index (χ4v) is 2.36. The second-order valence-corrected chi connectivity index (χ2v) is 6.18. The number of nitrogens with one attached hydrogen (secondary N) is 1. The molecule has 1 aliphatic carbocycles. The van der Waals surface area contributed by atoms with Crippen molar-refractivity contribution >= 4 is 23.5 Å². The highest BCUT2D eigenvalue weighted by atomic mass is 16.1. The zero-order chi connectivity index (χ0) is 18.7. The Labute approximate surface area is 151 Å². The molecule has 0 spiro atoms. The van der Waals surface area contributed by atoms with Crippen LogP contribution in [0.5, 0.6) is 0 Å². The number of aromatic nitrogens is 2. The predicted octanol–water partition coefficient (Wildman–Crippen LogP) is 2.86. The molecule has 134 valence electrons. The van der Waals surface area contributed by atoms with Gasteiger partial charge in [-0.25, -0.2) is 0 Å². The number of anilines is 1. The minimum absolute atomic E-state index is 0.248. The van der Waals surface area contributed by atoms with Gasteiger partial charge < -0.3 is 11.1 Å². The second kappa shape index (κ2) is 7.30. The molecule has 0 unspecified atom stereocenters. The van der Waals surface area contributed by atoms with Gasteiger partial charge in [-0.05, 0) is 42.7 Å². The summed E-state index contributed by atoms with van der Waals surface area (Å²) in [6.45, 7) is 5.62. The van der Waals surface area contributed by atoms with E-state index in [1.54, 1.807) is 23.9 Å². The number of aryl methyl sites for hydroxylation is 2. The Morgan fingerprint density at radius 1 is 1.46 bits per heavy atom. The Morgan fingerprint density at radius 2 is 2.23 bits per heavy atom. The van der Waals surface area contributed by atoms with Crippen molar-refractivity contribution in [1.82, 2.24) is 9.78 Å². The van der Waals surface area contributed by atoms with Crippen LogP contribution in [0.1, 0.15) is 40.0 Å². The van der Waals surface area contributed by atoms with Gasteiger partial charge in [0.2, 0.25) is 0 Å². The van der Waals surface area contributed by atoms with Gasteiger partial charge in [-0.1, -0.05) is 18.7 Å². The molecule has 2 aromatic rings. The first kappa shape index (κ1) is 17.5. The molecule has 1 amide bonds. The molecule has 0 atom stereocenters. The summed E-state index contributed by atoms with van der Waals surface area (Å²) in [7, 11) is 1.76. The summed E-state index contributed by atoms with van der Waals surface area (Å²) in [5.41, 5.74) is 9.28. The first-order chi connectivity index (χ1) is 12.5. The number of nitrogens with zero attached hydrogens (tertiary/aromatic N) is 5. The smallest absolute Gasteiger partial charge is 0.259 e. The molecule has 0 bridgehead atoms. The molecular formula is C18H21N7O. The number of nitrogens with two attached hydrogens (primary N) is 1. The summed E-state index contributed by atoms with van der Waals surface area (Å²) in [4.78, 5) is 12.6. The highest BCUT2D eigenvalue weighted by Gasteiger charge is 2.20. The van der Waals surface area contributed by atoms with Gasteiger partial charge in [0.25, 0.3) is 5.91 Å². The van der Waals surface area contributed by atoms with Crippen molar-refractivity contribution in [2.45, 2.75) is 25.8 Å². The van der Waals surface area contributed by atoms with E-state index in [9.17, 15) is 4.79 Å². The van der Waals surface area contributed by atoms with Crippen molar-refractivity contribution in [2.24, 2.45) is 28.2 Å². The van der Waals surface area contributed by atoms with E-state index in [2.05, 4.69) is 32.4 Å². The number of hydrogen-bond acceptors (Lipinski definition) is 4. The van der Waals surface area contributed by atoms with Gasteiger partial charge in [-0.3, -0.25) is 9.48 Å². The molecule has 8 heteroatoms. The maximum atomic E-state index is 12.6. The topological polar surface area (TPSA) is 110 Å². The van der Waals surface area contributed by atoms with E-state index < -0.39 is 0 Å². The van der Waals surface area contributed by atoms with Crippen molar-refractivity contribution in [1.29, 1.82) is 0 Å². The third-order valence-corrected chi connectivity index (χ3v) is 4.12. The highest BCUT2D eigenvalue weighted by molar-refractivity contribution is 6.07. The van der Waals surface area contributed by atoms with Crippen LogP contribution in [0.2, 0.25) is 0 Å².